The highest BCUT2D eigenvalue weighted by Gasteiger charge is 2.15. The normalized spacial score (nSPS) is 14.2. The molecular weight excluding hydrogens is 336 g/mol. The lowest BCUT2D eigenvalue weighted by molar-refractivity contribution is 0.316. The van der Waals surface area contributed by atoms with Crippen LogP contribution in [0.15, 0.2) is 57.9 Å². The third kappa shape index (κ3) is 3.35. The summed E-state index contributed by atoms with van der Waals surface area (Å²) in [5.74, 6) is 0.318. The van der Waals surface area contributed by atoms with E-state index in [2.05, 4.69) is 9.98 Å². The Morgan fingerprint density at radius 3 is 2.84 bits per heavy atom. The van der Waals surface area contributed by atoms with Crippen molar-refractivity contribution < 1.29 is 9.52 Å². The number of hydrogen-bond donors (Lipinski definition) is 1. The molecule has 0 saturated heterocycles. The van der Waals surface area contributed by atoms with Crippen LogP contribution in [0.3, 0.4) is 0 Å². The van der Waals surface area contributed by atoms with Crippen molar-refractivity contribution in [3.8, 4) is 5.95 Å². The van der Waals surface area contributed by atoms with E-state index in [0.717, 1.165) is 28.8 Å². The van der Waals surface area contributed by atoms with Gasteiger partial charge in [0.2, 0.25) is 0 Å². The Hall–Kier alpha value is -2.85. The van der Waals surface area contributed by atoms with E-state index in [4.69, 9.17) is 16.0 Å². The molecule has 2 heterocycles. The Morgan fingerprint density at radius 2 is 1.96 bits per heavy atom. The van der Waals surface area contributed by atoms with Gasteiger partial charge in [-0.15, -0.1) is 0 Å². The third-order valence-electron chi connectivity index (χ3n) is 4.05. The molecule has 0 atom stereocenters. The van der Waals surface area contributed by atoms with Crippen LogP contribution in [0, 0.1) is 0 Å². The van der Waals surface area contributed by atoms with Gasteiger partial charge in [-0.25, -0.2) is 4.98 Å². The fourth-order valence-corrected chi connectivity index (χ4v) is 3.03. The number of rotatable bonds is 4. The van der Waals surface area contributed by atoms with E-state index in [1.807, 2.05) is 48.5 Å². The van der Waals surface area contributed by atoms with Crippen molar-refractivity contribution in [2.24, 2.45) is 4.99 Å². The first-order valence-corrected chi connectivity index (χ1v) is 8.35. The maximum atomic E-state index is 10.0. The lowest BCUT2D eigenvalue weighted by Gasteiger charge is -1.99. The van der Waals surface area contributed by atoms with Gasteiger partial charge in [0.25, 0.3) is 0 Å². The van der Waals surface area contributed by atoms with Gasteiger partial charge in [0.05, 0.1) is 5.69 Å². The molecule has 1 aliphatic heterocycles. The van der Waals surface area contributed by atoms with Crippen molar-refractivity contribution in [1.29, 1.82) is 0 Å². The number of aliphatic imine (C=N–C) groups is 1. The number of oxazole rings is 1. The Morgan fingerprint density at radius 1 is 1.08 bits per heavy atom. The minimum atomic E-state index is -0.175. The van der Waals surface area contributed by atoms with Crippen molar-refractivity contribution in [3.05, 3.63) is 76.3 Å². The van der Waals surface area contributed by atoms with Gasteiger partial charge in [0, 0.05) is 28.8 Å². The summed E-state index contributed by atoms with van der Waals surface area (Å²) in [6, 6.07) is 15.5. The quantitative estimate of drug-likeness (QED) is 0.714. The van der Waals surface area contributed by atoms with Gasteiger partial charge in [-0.3, -0.25) is 4.99 Å². The predicted molar refractivity (Wildman–Crippen MR) is 99.5 cm³/mol. The first-order chi connectivity index (χ1) is 12.2. The third-order valence-corrected chi connectivity index (χ3v) is 4.28. The molecule has 0 spiro atoms. The molecule has 5 heteroatoms. The van der Waals surface area contributed by atoms with Crippen molar-refractivity contribution >= 4 is 35.2 Å². The van der Waals surface area contributed by atoms with E-state index in [0.29, 0.717) is 23.0 Å². The molecule has 25 heavy (non-hydrogen) atoms. The summed E-state index contributed by atoms with van der Waals surface area (Å²) < 4.78 is 5.39. The molecule has 1 N–H and O–H groups in total. The highest BCUT2D eigenvalue weighted by atomic mass is 35.5. The summed E-state index contributed by atoms with van der Waals surface area (Å²) in [7, 11) is 0. The second-order valence-corrected chi connectivity index (χ2v) is 6.24. The largest absolute Gasteiger partial charge is 0.479 e. The molecule has 124 valence electrons. The standard InChI is InChI=1S/C20H15ClN2O2/c21-15-5-3-4-13(10-15)8-9-19-23-18(20(24)25-19)11-14-12-22-17-7-2-1-6-16(14)17/h1-7,10-12,24H,8-9H2/b14-11+. The summed E-state index contributed by atoms with van der Waals surface area (Å²) in [6.07, 6.45) is 4.88. The Bertz CT molecular complexity index is 989. The van der Waals surface area contributed by atoms with Gasteiger partial charge in [0.15, 0.2) is 5.89 Å². The maximum absolute atomic E-state index is 10.0. The van der Waals surface area contributed by atoms with Crippen LogP contribution in [0.5, 0.6) is 5.95 Å². The van der Waals surface area contributed by atoms with E-state index in [1.54, 1.807) is 12.3 Å². The fraction of sp³-hybridized carbons (Fsp3) is 0.100. The number of nitrogens with zero attached hydrogens (tertiary/aromatic N) is 2. The molecule has 0 bridgehead atoms. The lowest BCUT2D eigenvalue weighted by Crippen LogP contribution is -1.91. The number of allylic oxidation sites excluding steroid dienone is 1. The first kappa shape index (κ1) is 15.7. The summed E-state index contributed by atoms with van der Waals surface area (Å²) >= 11 is 5.99. The average Bonchev–Trinajstić information content (AvgIpc) is 3.18. The van der Waals surface area contributed by atoms with Crippen LogP contribution in [0.1, 0.15) is 22.7 Å². The summed E-state index contributed by atoms with van der Waals surface area (Å²) in [4.78, 5) is 8.75. The highest BCUT2D eigenvalue weighted by Crippen LogP contribution is 2.33. The van der Waals surface area contributed by atoms with Crippen molar-refractivity contribution in [2.75, 3.05) is 0 Å². The molecule has 4 nitrogen and oxygen atoms in total. The molecule has 1 aliphatic rings. The number of hydrogen-bond acceptors (Lipinski definition) is 4. The van der Waals surface area contributed by atoms with Gasteiger partial charge in [-0.2, -0.15) is 0 Å². The molecule has 0 fully saturated rings. The minimum Gasteiger partial charge on any atom is -0.479 e. The molecule has 0 unspecified atom stereocenters. The molecule has 2 aromatic carbocycles. The van der Waals surface area contributed by atoms with Crippen molar-refractivity contribution in [3.63, 3.8) is 0 Å². The second-order valence-electron chi connectivity index (χ2n) is 5.80. The van der Waals surface area contributed by atoms with E-state index in [-0.39, 0.29) is 5.95 Å². The monoisotopic (exact) mass is 350 g/mol. The van der Waals surface area contributed by atoms with Gasteiger partial charge in [-0.1, -0.05) is 41.9 Å². The van der Waals surface area contributed by atoms with E-state index >= 15 is 0 Å². The Balaban J connectivity index is 1.53. The van der Waals surface area contributed by atoms with E-state index < -0.39 is 0 Å². The molecule has 1 aromatic heterocycles. The average molecular weight is 351 g/mol. The summed E-state index contributed by atoms with van der Waals surface area (Å²) in [6.45, 7) is 0. The van der Waals surface area contributed by atoms with Crippen LogP contribution < -0.4 is 0 Å². The molecule has 0 amide bonds. The molecule has 4 rings (SSSR count). The summed E-state index contributed by atoms with van der Waals surface area (Å²) in [5, 5.41) is 10.7. The number of aryl methyl sites for hydroxylation is 2. The Labute approximate surface area is 150 Å². The van der Waals surface area contributed by atoms with Crippen LogP contribution in [0.4, 0.5) is 5.69 Å². The van der Waals surface area contributed by atoms with Gasteiger partial charge in [-0.05, 0) is 36.3 Å². The molecule has 3 aromatic rings. The number of aromatic nitrogens is 1. The molecule has 0 saturated carbocycles. The Kier molecular flexibility index (Phi) is 4.12. The lowest BCUT2D eigenvalue weighted by atomic mass is 10.1. The molecule has 0 aliphatic carbocycles. The highest BCUT2D eigenvalue weighted by molar-refractivity contribution is 6.30. The van der Waals surface area contributed by atoms with Crippen LogP contribution in [0.25, 0.3) is 11.6 Å². The van der Waals surface area contributed by atoms with Crippen LogP contribution in [-0.4, -0.2) is 16.3 Å². The smallest absolute Gasteiger partial charge is 0.310 e. The number of benzene rings is 2. The zero-order valence-corrected chi connectivity index (χ0v) is 14.1. The minimum absolute atomic E-state index is 0.175. The zero-order chi connectivity index (χ0) is 17.2. The maximum Gasteiger partial charge on any atom is 0.310 e. The summed E-state index contributed by atoms with van der Waals surface area (Å²) in [5.41, 5.74) is 4.35. The van der Waals surface area contributed by atoms with Crippen LogP contribution >= 0.6 is 11.6 Å². The SMILES string of the molecule is Oc1oc(CCc2cccc(Cl)c2)nc1/C=C1\C=Nc2ccccc21. The van der Waals surface area contributed by atoms with E-state index in [1.165, 1.54) is 0 Å². The first-order valence-electron chi connectivity index (χ1n) is 7.97. The van der Waals surface area contributed by atoms with E-state index in [9.17, 15) is 5.11 Å². The zero-order valence-electron chi connectivity index (χ0n) is 13.3. The van der Waals surface area contributed by atoms with Crippen molar-refractivity contribution in [2.45, 2.75) is 12.8 Å². The topological polar surface area (TPSA) is 58.6 Å². The van der Waals surface area contributed by atoms with Crippen LogP contribution in [0.2, 0.25) is 5.02 Å². The molecule has 0 radical (unpaired) electrons. The number of halogens is 1. The second kappa shape index (κ2) is 6.57. The van der Waals surface area contributed by atoms with Gasteiger partial charge >= 0.3 is 5.95 Å². The van der Waals surface area contributed by atoms with Gasteiger partial charge in [0.1, 0.15) is 5.69 Å². The number of aromatic hydroxyl groups is 1. The molecular formula is C20H15ClN2O2. The predicted octanol–water partition coefficient (Wildman–Crippen LogP) is 5.08. The van der Waals surface area contributed by atoms with Crippen LogP contribution in [-0.2, 0) is 12.8 Å². The van der Waals surface area contributed by atoms with Gasteiger partial charge < -0.3 is 9.52 Å². The number of fused-ring (bicyclic) bond motifs is 1. The fourth-order valence-electron chi connectivity index (χ4n) is 2.81. The van der Waals surface area contributed by atoms with Crippen molar-refractivity contribution in [1.82, 2.24) is 4.98 Å². The number of para-hydroxylation sites is 1.